The minimum absolute atomic E-state index is 0. The van der Waals surface area contributed by atoms with Crippen LogP contribution in [0.5, 0.6) is 0 Å². The quantitative estimate of drug-likeness (QED) is 0.445. The number of carboxylic acid groups (broad SMARTS) is 1. The third-order valence-electron chi connectivity index (χ3n) is 3.07. The molecule has 0 aliphatic carbocycles. The first-order valence-corrected chi connectivity index (χ1v) is 6.62. The van der Waals surface area contributed by atoms with Gasteiger partial charge in [0.2, 0.25) is 0 Å². The van der Waals surface area contributed by atoms with Crippen molar-refractivity contribution >= 4 is 23.8 Å². The zero-order valence-corrected chi connectivity index (χ0v) is 12.8. The van der Waals surface area contributed by atoms with Crippen molar-refractivity contribution in [2.45, 2.75) is 43.0 Å². The summed E-state index contributed by atoms with van der Waals surface area (Å²) < 4.78 is 0. The standard InChI is InChI=1S/C10H16N2O3S.Re/c13-8(14)4-2-1-3-7-9-6(5-16-7)11-10(15)12-9;/h6-7,9H,1-5H2,(H,13,14)(H2,11,12,15);/t6-,7-,9-;/m0./s1. The fourth-order valence-electron chi connectivity index (χ4n) is 2.26. The van der Waals surface area contributed by atoms with Gasteiger partial charge in [0.25, 0.3) is 0 Å². The number of carbonyl (C=O) groups is 2. The van der Waals surface area contributed by atoms with Crippen LogP contribution in [0.25, 0.3) is 0 Å². The first kappa shape index (κ1) is 14.8. The number of carbonyl (C=O) groups excluding carboxylic acids is 1. The zero-order valence-electron chi connectivity index (χ0n) is 9.32. The molecule has 5 nitrogen and oxygen atoms in total. The molecular formula is C10H16N2O3ReS. The largest absolute Gasteiger partial charge is 0.481 e. The molecule has 3 N–H and O–H groups in total. The maximum Gasteiger partial charge on any atom is 0.315 e. The molecule has 2 rings (SSSR count). The summed E-state index contributed by atoms with van der Waals surface area (Å²) in [5.74, 6) is 0.236. The van der Waals surface area contributed by atoms with Crippen LogP contribution in [0.4, 0.5) is 4.79 Å². The molecule has 3 atom stereocenters. The number of thioether (sulfide) groups is 1. The summed E-state index contributed by atoms with van der Waals surface area (Å²) in [5.41, 5.74) is 0. The molecule has 2 heterocycles. The molecule has 7 heteroatoms. The Balaban J connectivity index is 0.00000144. The summed E-state index contributed by atoms with van der Waals surface area (Å²) in [6.07, 6.45) is 2.88. The van der Waals surface area contributed by atoms with E-state index in [0.29, 0.717) is 5.25 Å². The Morgan fingerprint density at radius 1 is 1.41 bits per heavy atom. The number of hydrogen-bond donors (Lipinski definition) is 3. The van der Waals surface area contributed by atoms with Crippen molar-refractivity contribution in [1.29, 1.82) is 0 Å². The molecule has 0 bridgehead atoms. The molecule has 0 aromatic rings. The molecule has 2 aliphatic heterocycles. The number of amides is 2. The van der Waals surface area contributed by atoms with Crippen molar-refractivity contribution in [3.8, 4) is 0 Å². The van der Waals surface area contributed by atoms with Crippen LogP contribution in [0, 0.1) is 0 Å². The minimum Gasteiger partial charge on any atom is -0.481 e. The first-order valence-electron chi connectivity index (χ1n) is 5.57. The molecule has 97 valence electrons. The number of aliphatic carboxylic acids is 1. The SMILES string of the molecule is O=C(O)CCCC[C@@H]1SC[C@@H]2NC(=O)N[C@@H]21.[Re]. The van der Waals surface area contributed by atoms with Gasteiger partial charge in [0.05, 0.1) is 12.1 Å². The van der Waals surface area contributed by atoms with Crippen molar-refractivity contribution in [1.82, 2.24) is 10.6 Å². The number of unbranched alkanes of at least 4 members (excludes halogenated alkanes) is 1. The van der Waals surface area contributed by atoms with E-state index in [-0.39, 0.29) is 45.0 Å². The van der Waals surface area contributed by atoms with E-state index in [1.807, 2.05) is 11.8 Å². The van der Waals surface area contributed by atoms with Gasteiger partial charge in [-0.25, -0.2) is 4.79 Å². The predicted octanol–water partition coefficient (Wildman–Crippen LogP) is 0.794. The fourth-order valence-corrected chi connectivity index (χ4v) is 3.81. The van der Waals surface area contributed by atoms with E-state index in [1.165, 1.54) is 0 Å². The Kier molecular flexibility index (Phi) is 5.77. The van der Waals surface area contributed by atoms with Gasteiger partial charge in [-0.3, -0.25) is 4.79 Å². The maximum absolute atomic E-state index is 11.1. The summed E-state index contributed by atoms with van der Waals surface area (Å²) >= 11 is 1.87. The summed E-state index contributed by atoms with van der Waals surface area (Å²) in [7, 11) is 0. The summed E-state index contributed by atoms with van der Waals surface area (Å²) in [6, 6.07) is 0.440. The van der Waals surface area contributed by atoms with Crippen LogP contribution >= 0.6 is 11.8 Å². The molecule has 0 spiro atoms. The Bertz CT molecular complexity index is 303. The van der Waals surface area contributed by atoms with E-state index in [4.69, 9.17) is 5.11 Å². The third kappa shape index (κ3) is 3.87. The van der Waals surface area contributed by atoms with Crippen LogP contribution in [0.2, 0.25) is 0 Å². The van der Waals surface area contributed by atoms with Gasteiger partial charge in [-0.15, -0.1) is 0 Å². The predicted molar refractivity (Wildman–Crippen MR) is 61.6 cm³/mol. The second-order valence-corrected chi connectivity index (χ2v) is 5.53. The van der Waals surface area contributed by atoms with Crippen LogP contribution in [-0.4, -0.2) is 40.2 Å². The Morgan fingerprint density at radius 3 is 2.88 bits per heavy atom. The van der Waals surface area contributed by atoms with Gasteiger partial charge in [-0.1, -0.05) is 6.42 Å². The molecule has 17 heavy (non-hydrogen) atoms. The maximum atomic E-state index is 11.1. The Labute approximate surface area is 118 Å². The van der Waals surface area contributed by atoms with Gasteiger partial charge in [0.15, 0.2) is 0 Å². The molecule has 0 unspecified atom stereocenters. The number of nitrogens with one attached hydrogen (secondary N) is 2. The number of urea groups is 1. The van der Waals surface area contributed by atoms with Crippen LogP contribution in [-0.2, 0) is 25.2 Å². The van der Waals surface area contributed by atoms with Gasteiger partial charge in [-0.2, -0.15) is 11.8 Å². The molecule has 2 saturated heterocycles. The second kappa shape index (κ2) is 6.62. The van der Waals surface area contributed by atoms with E-state index in [2.05, 4.69) is 10.6 Å². The molecule has 0 saturated carbocycles. The summed E-state index contributed by atoms with van der Waals surface area (Å²) in [5, 5.41) is 14.8. The molecule has 2 amide bonds. The molecule has 2 aliphatic rings. The van der Waals surface area contributed by atoms with Crippen LogP contribution < -0.4 is 10.6 Å². The van der Waals surface area contributed by atoms with E-state index < -0.39 is 5.97 Å². The van der Waals surface area contributed by atoms with Gasteiger partial charge >= 0.3 is 12.0 Å². The topological polar surface area (TPSA) is 78.4 Å². The monoisotopic (exact) mass is 431 g/mol. The van der Waals surface area contributed by atoms with Crippen LogP contribution in [0.3, 0.4) is 0 Å². The molecule has 2 fully saturated rings. The number of fused-ring (bicyclic) bond motifs is 1. The summed E-state index contributed by atoms with van der Waals surface area (Å²) in [4.78, 5) is 21.5. The van der Waals surface area contributed by atoms with Crippen molar-refractivity contribution in [2.24, 2.45) is 0 Å². The normalized spacial score (nSPS) is 30.1. The average Bonchev–Trinajstić information content (AvgIpc) is 2.72. The van der Waals surface area contributed by atoms with Gasteiger partial charge in [-0.05, 0) is 12.8 Å². The van der Waals surface area contributed by atoms with Crippen LogP contribution in [0.15, 0.2) is 0 Å². The second-order valence-electron chi connectivity index (χ2n) is 4.26. The molecule has 1 radical (unpaired) electrons. The average molecular weight is 431 g/mol. The van der Waals surface area contributed by atoms with Gasteiger partial charge in [0, 0.05) is 37.8 Å². The first-order chi connectivity index (χ1) is 7.66. The summed E-state index contributed by atoms with van der Waals surface area (Å²) in [6.45, 7) is 0. The third-order valence-corrected chi connectivity index (χ3v) is 4.58. The van der Waals surface area contributed by atoms with Crippen molar-refractivity contribution < 1.29 is 35.1 Å². The number of hydrogen-bond acceptors (Lipinski definition) is 3. The molecule has 0 aromatic carbocycles. The van der Waals surface area contributed by atoms with E-state index >= 15 is 0 Å². The smallest absolute Gasteiger partial charge is 0.315 e. The van der Waals surface area contributed by atoms with Crippen molar-refractivity contribution in [3.05, 3.63) is 0 Å². The number of rotatable bonds is 5. The Morgan fingerprint density at radius 2 is 2.18 bits per heavy atom. The van der Waals surface area contributed by atoms with Crippen LogP contribution in [0.1, 0.15) is 25.7 Å². The van der Waals surface area contributed by atoms with Gasteiger partial charge < -0.3 is 15.7 Å². The van der Waals surface area contributed by atoms with E-state index in [0.717, 1.165) is 25.0 Å². The van der Waals surface area contributed by atoms with E-state index in [1.54, 1.807) is 0 Å². The zero-order chi connectivity index (χ0) is 11.5. The molecular weight excluding hydrogens is 414 g/mol. The molecule has 0 aromatic heterocycles. The fraction of sp³-hybridized carbons (Fsp3) is 0.800. The van der Waals surface area contributed by atoms with E-state index in [9.17, 15) is 9.59 Å². The van der Waals surface area contributed by atoms with Crippen molar-refractivity contribution in [3.63, 3.8) is 0 Å². The Hall–Kier alpha value is -0.248. The van der Waals surface area contributed by atoms with Crippen molar-refractivity contribution in [2.75, 3.05) is 5.75 Å². The van der Waals surface area contributed by atoms with Gasteiger partial charge in [0.1, 0.15) is 0 Å². The number of carboxylic acids is 1. The minimum atomic E-state index is -0.729.